The molecular formula is C31H33BrN2O5. The van der Waals surface area contributed by atoms with Crippen molar-refractivity contribution in [3.8, 4) is 11.5 Å². The Hall–Kier alpha value is -3.62. The summed E-state index contributed by atoms with van der Waals surface area (Å²) in [5.74, 6) is 1.48. The summed E-state index contributed by atoms with van der Waals surface area (Å²) in [6, 6.07) is 22.9. The smallest absolute Gasteiger partial charge is 0.252 e. The fraction of sp³-hybridized carbons (Fsp3) is 0.290. The van der Waals surface area contributed by atoms with Crippen LogP contribution in [0.15, 0.2) is 94.9 Å². The van der Waals surface area contributed by atoms with Crippen molar-refractivity contribution >= 4 is 27.7 Å². The lowest BCUT2D eigenvalue weighted by atomic mass is 9.84. The van der Waals surface area contributed by atoms with E-state index in [0.29, 0.717) is 43.4 Å². The number of benzene rings is 3. The first-order chi connectivity index (χ1) is 19.0. The Labute approximate surface area is 237 Å². The lowest BCUT2D eigenvalue weighted by molar-refractivity contribution is -0.128. The van der Waals surface area contributed by atoms with Crippen molar-refractivity contribution in [3.63, 3.8) is 0 Å². The number of aliphatic imine (C=N–C) groups is 1. The van der Waals surface area contributed by atoms with Gasteiger partial charge >= 0.3 is 0 Å². The number of amides is 1. The molecule has 204 valence electrons. The molecule has 39 heavy (non-hydrogen) atoms. The number of rotatable bonds is 13. The second-order valence-corrected chi connectivity index (χ2v) is 10.1. The summed E-state index contributed by atoms with van der Waals surface area (Å²) in [5.41, 5.74) is 1.38. The molecule has 0 spiro atoms. The second-order valence-electron chi connectivity index (χ2n) is 9.19. The molecule has 1 aliphatic rings. The number of aliphatic hydroxyl groups excluding tert-OH is 1. The maximum atomic E-state index is 13.9. The molecule has 0 saturated carbocycles. The van der Waals surface area contributed by atoms with Crippen LogP contribution in [0, 0.1) is 0 Å². The van der Waals surface area contributed by atoms with Gasteiger partial charge in [0.25, 0.3) is 5.91 Å². The van der Waals surface area contributed by atoms with Crippen LogP contribution in [-0.4, -0.2) is 49.3 Å². The second kappa shape index (κ2) is 13.4. The molecule has 2 atom stereocenters. The monoisotopic (exact) mass is 592 g/mol. The molecule has 0 aliphatic carbocycles. The summed E-state index contributed by atoms with van der Waals surface area (Å²) < 4.78 is 18.6. The molecule has 2 N–H and O–H groups in total. The highest BCUT2D eigenvalue weighted by atomic mass is 79.9. The molecule has 0 radical (unpaired) electrons. The third kappa shape index (κ3) is 6.88. The van der Waals surface area contributed by atoms with Crippen LogP contribution in [0.4, 0.5) is 0 Å². The van der Waals surface area contributed by atoms with Crippen LogP contribution in [0.1, 0.15) is 35.6 Å². The van der Waals surface area contributed by atoms with E-state index in [2.05, 4.69) is 27.8 Å². The summed E-state index contributed by atoms with van der Waals surface area (Å²) in [7, 11) is 1.60. The van der Waals surface area contributed by atoms with Gasteiger partial charge in [-0.3, -0.25) is 4.79 Å². The van der Waals surface area contributed by atoms with Crippen LogP contribution in [0.2, 0.25) is 0 Å². The Bertz CT molecular complexity index is 1290. The normalized spacial score (nSPS) is 18.1. The van der Waals surface area contributed by atoms with Crippen LogP contribution in [0.3, 0.4) is 0 Å². The van der Waals surface area contributed by atoms with Gasteiger partial charge < -0.3 is 24.6 Å². The maximum Gasteiger partial charge on any atom is 0.252 e. The topological polar surface area (TPSA) is 89.4 Å². The maximum absolute atomic E-state index is 13.9. The van der Waals surface area contributed by atoms with Crippen LogP contribution in [0.25, 0.3) is 0 Å². The first-order valence-electron chi connectivity index (χ1n) is 12.9. The Kier molecular flexibility index (Phi) is 9.79. The Balaban J connectivity index is 1.62. The predicted molar refractivity (Wildman–Crippen MR) is 155 cm³/mol. The third-order valence-corrected chi connectivity index (χ3v) is 7.02. The molecule has 3 aromatic carbocycles. The van der Waals surface area contributed by atoms with Gasteiger partial charge in [-0.15, -0.1) is 6.58 Å². The van der Waals surface area contributed by atoms with E-state index in [9.17, 15) is 4.79 Å². The largest absolute Gasteiger partial charge is 0.497 e. The SMILES string of the molecule is C=CC[C@@]1(C(=O)NCCc2ccc(Br)cc2)N=C(c2ccc(OCCCO)cc2)O[C@@H]1c1cccc(OC)c1. The van der Waals surface area contributed by atoms with Crippen LogP contribution >= 0.6 is 15.9 Å². The van der Waals surface area contributed by atoms with Crippen molar-refractivity contribution < 1.29 is 24.1 Å². The highest BCUT2D eigenvalue weighted by Crippen LogP contribution is 2.43. The summed E-state index contributed by atoms with van der Waals surface area (Å²) in [6.45, 7) is 4.88. The Morgan fingerprint density at radius 1 is 1.15 bits per heavy atom. The molecule has 1 amide bonds. The minimum absolute atomic E-state index is 0.0744. The van der Waals surface area contributed by atoms with E-state index in [0.717, 1.165) is 21.2 Å². The number of carbonyl (C=O) groups excluding carboxylic acids is 1. The van der Waals surface area contributed by atoms with E-state index in [1.54, 1.807) is 13.2 Å². The van der Waals surface area contributed by atoms with E-state index >= 15 is 0 Å². The lowest BCUT2D eigenvalue weighted by Crippen LogP contribution is -2.48. The molecule has 0 fully saturated rings. The molecule has 3 aromatic rings. The number of carbonyl (C=O) groups is 1. The number of nitrogens with zero attached hydrogens (tertiary/aromatic N) is 1. The zero-order chi connectivity index (χ0) is 27.7. The first-order valence-corrected chi connectivity index (χ1v) is 13.7. The van der Waals surface area contributed by atoms with E-state index in [1.807, 2.05) is 72.8 Å². The minimum Gasteiger partial charge on any atom is -0.497 e. The molecule has 1 heterocycles. The number of aliphatic hydroxyl groups is 1. The number of hydrogen-bond donors (Lipinski definition) is 2. The molecule has 0 saturated heterocycles. The molecule has 1 aliphatic heterocycles. The van der Waals surface area contributed by atoms with E-state index in [4.69, 9.17) is 24.3 Å². The average molecular weight is 594 g/mol. The van der Waals surface area contributed by atoms with Gasteiger partial charge in [-0.1, -0.05) is 46.3 Å². The lowest BCUT2D eigenvalue weighted by Gasteiger charge is -2.30. The number of hydrogen-bond acceptors (Lipinski definition) is 6. The average Bonchev–Trinajstić information content (AvgIpc) is 3.35. The van der Waals surface area contributed by atoms with Gasteiger partial charge in [-0.2, -0.15) is 0 Å². The minimum atomic E-state index is -1.25. The van der Waals surface area contributed by atoms with Gasteiger partial charge in [0, 0.05) is 36.0 Å². The van der Waals surface area contributed by atoms with Crippen LogP contribution in [0.5, 0.6) is 11.5 Å². The number of nitrogens with one attached hydrogen (secondary N) is 1. The van der Waals surface area contributed by atoms with E-state index in [-0.39, 0.29) is 18.9 Å². The van der Waals surface area contributed by atoms with Crippen molar-refractivity contribution in [2.24, 2.45) is 4.99 Å². The first kappa shape index (κ1) is 28.4. The quantitative estimate of drug-likeness (QED) is 0.204. The standard InChI is InChI=1S/C31H33BrN2O5/c1-3-17-31(30(36)33-18-16-22-8-12-25(32)13-9-22)28(24-6-4-7-27(21-24)37-2)39-29(34-31)23-10-14-26(15-11-23)38-20-5-19-35/h3-4,6-15,21,28,35H,1,5,16-20H2,2H3,(H,33,36)/t28-,31-/m1/s1. The van der Waals surface area contributed by atoms with Gasteiger partial charge in [-0.25, -0.2) is 4.99 Å². The van der Waals surface area contributed by atoms with Crippen molar-refractivity contribution in [1.82, 2.24) is 5.32 Å². The predicted octanol–water partition coefficient (Wildman–Crippen LogP) is 5.41. The van der Waals surface area contributed by atoms with Crippen LogP contribution in [-0.2, 0) is 16.0 Å². The highest BCUT2D eigenvalue weighted by Gasteiger charge is 2.52. The van der Waals surface area contributed by atoms with Crippen molar-refractivity contribution in [2.75, 3.05) is 26.9 Å². The highest BCUT2D eigenvalue weighted by molar-refractivity contribution is 9.10. The van der Waals surface area contributed by atoms with Gasteiger partial charge in [0.2, 0.25) is 5.90 Å². The molecule has 0 unspecified atom stereocenters. The fourth-order valence-corrected chi connectivity index (χ4v) is 4.73. The summed E-state index contributed by atoms with van der Waals surface area (Å²) >= 11 is 3.45. The van der Waals surface area contributed by atoms with Crippen molar-refractivity contribution in [1.29, 1.82) is 0 Å². The Morgan fingerprint density at radius 3 is 2.62 bits per heavy atom. The molecule has 7 nitrogen and oxygen atoms in total. The summed E-state index contributed by atoms with van der Waals surface area (Å²) in [4.78, 5) is 18.8. The number of ether oxygens (including phenoxy) is 3. The van der Waals surface area contributed by atoms with E-state index < -0.39 is 11.6 Å². The van der Waals surface area contributed by atoms with Gasteiger partial charge in [0.1, 0.15) is 11.5 Å². The van der Waals surface area contributed by atoms with Gasteiger partial charge in [0.15, 0.2) is 11.6 Å². The number of methoxy groups -OCH3 is 1. The molecule has 4 rings (SSSR count). The summed E-state index contributed by atoms with van der Waals surface area (Å²) in [5, 5.41) is 12.1. The van der Waals surface area contributed by atoms with Crippen LogP contribution < -0.4 is 14.8 Å². The molecule has 8 heteroatoms. The zero-order valence-electron chi connectivity index (χ0n) is 21.9. The molecular weight excluding hydrogens is 560 g/mol. The molecule has 0 bridgehead atoms. The third-order valence-electron chi connectivity index (χ3n) is 6.49. The fourth-order valence-electron chi connectivity index (χ4n) is 4.46. The van der Waals surface area contributed by atoms with Crippen molar-refractivity contribution in [2.45, 2.75) is 30.9 Å². The zero-order valence-corrected chi connectivity index (χ0v) is 23.5. The van der Waals surface area contributed by atoms with Gasteiger partial charge in [-0.05, 0) is 66.1 Å². The molecule has 0 aromatic heterocycles. The number of halogens is 1. The van der Waals surface area contributed by atoms with Crippen molar-refractivity contribution in [3.05, 3.63) is 107 Å². The summed E-state index contributed by atoms with van der Waals surface area (Å²) in [6.07, 6.45) is 2.54. The Morgan fingerprint density at radius 2 is 1.92 bits per heavy atom. The van der Waals surface area contributed by atoms with Gasteiger partial charge in [0.05, 0.1) is 13.7 Å². The van der Waals surface area contributed by atoms with E-state index in [1.165, 1.54) is 0 Å².